The Morgan fingerprint density at radius 1 is 1.00 bits per heavy atom. The van der Waals surface area contributed by atoms with Gasteiger partial charge in [0.2, 0.25) is 0 Å². The van der Waals surface area contributed by atoms with E-state index in [-0.39, 0.29) is 0 Å². The molecule has 1 nitrogen and oxygen atoms in total. The Balaban J connectivity index is 3.41. The average molecular weight is 430 g/mol. The Labute approximate surface area is 111 Å². The molecule has 0 aliphatic rings. The van der Waals surface area contributed by atoms with Crippen LogP contribution in [0.15, 0.2) is 21.7 Å². The molecule has 0 saturated carbocycles. The van der Waals surface area contributed by atoms with Crippen molar-refractivity contribution in [1.29, 1.82) is 0 Å². The van der Waals surface area contributed by atoms with Crippen LogP contribution in [0.4, 0.5) is 5.69 Å². The van der Waals surface area contributed by atoms with E-state index in [1.807, 2.05) is 0 Å². The molecule has 0 aliphatic heterocycles. The van der Waals surface area contributed by atoms with Gasteiger partial charge < -0.3 is 0 Å². The third kappa shape index (κ3) is 3.65. The van der Waals surface area contributed by atoms with Crippen molar-refractivity contribution in [2.24, 2.45) is 3.50 Å². The summed E-state index contributed by atoms with van der Waals surface area (Å²) in [6, 6.07) is 6.33. The number of benzene rings is 1. The van der Waals surface area contributed by atoms with E-state index in [9.17, 15) is 0 Å². The second-order valence-corrected chi connectivity index (χ2v) is 12.5. The summed E-state index contributed by atoms with van der Waals surface area (Å²) in [5, 5.41) is 0. The summed E-state index contributed by atoms with van der Waals surface area (Å²) < 4.78 is 4.53. The molecule has 4 heteroatoms. The first-order chi connectivity index (χ1) is 7.43. The van der Waals surface area contributed by atoms with Gasteiger partial charge in [0.1, 0.15) is 0 Å². The fourth-order valence-electron chi connectivity index (χ4n) is 1.69. The minimum atomic E-state index is -2.47. The van der Waals surface area contributed by atoms with Crippen LogP contribution in [0.2, 0.25) is 0 Å². The number of nitrogens with zero attached hydrogens (tertiary/aromatic N) is 1. The summed E-state index contributed by atoms with van der Waals surface area (Å²) in [6.07, 6.45) is 0. The first-order valence-corrected chi connectivity index (χ1v) is 13.9. The number of halogens is 2. The third-order valence-electron chi connectivity index (χ3n) is 2.50. The quantitative estimate of drug-likeness (QED) is 0.586. The van der Waals surface area contributed by atoms with Crippen LogP contribution >= 0.6 is 18.8 Å². The normalized spacial score (nSPS) is 11.6. The van der Waals surface area contributed by atoms with Crippen molar-refractivity contribution < 1.29 is 15.0 Å². The molecule has 0 atom stereocenters. The summed E-state index contributed by atoms with van der Waals surface area (Å²) >= 11 is -2.47. The van der Waals surface area contributed by atoms with Gasteiger partial charge in [0.05, 0.1) is 0 Å². The van der Waals surface area contributed by atoms with E-state index in [0.29, 0.717) is 11.8 Å². The van der Waals surface area contributed by atoms with Crippen molar-refractivity contribution in [3.63, 3.8) is 0 Å². The van der Waals surface area contributed by atoms with Crippen molar-refractivity contribution in [3.05, 3.63) is 29.3 Å². The Kier molecular flexibility index (Phi) is 5.63. The van der Waals surface area contributed by atoms with E-state index >= 15 is 0 Å². The molecule has 0 heterocycles. The van der Waals surface area contributed by atoms with Gasteiger partial charge in [-0.25, -0.2) is 0 Å². The second-order valence-electron chi connectivity index (χ2n) is 4.38. The van der Waals surface area contributed by atoms with Gasteiger partial charge in [0.15, 0.2) is 0 Å². The van der Waals surface area contributed by atoms with E-state index in [0.717, 1.165) is 5.69 Å². The maximum atomic E-state index is 5.96. The van der Waals surface area contributed by atoms with Gasteiger partial charge in [0.25, 0.3) is 0 Å². The van der Waals surface area contributed by atoms with Crippen LogP contribution in [0.3, 0.4) is 0 Å². The molecular weight excluding hydrogens is 413 g/mol. The monoisotopic (exact) mass is 429 g/mol. The molecule has 90 valence electrons. The van der Waals surface area contributed by atoms with Crippen LogP contribution in [-0.2, 0) is 15.0 Å². The Hall–Kier alpha value is 0.288. The molecule has 0 fully saturated rings. The molecule has 0 spiro atoms. The molecule has 0 aromatic heterocycles. The zero-order chi connectivity index (χ0) is 12.3. The number of rotatable bonds is 3. The number of hydrogen-bond donors (Lipinski definition) is 0. The van der Waals surface area contributed by atoms with Crippen LogP contribution in [0.5, 0.6) is 0 Å². The summed E-state index contributed by atoms with van der Waals surface area (Å²) in [7, 11) is 11.9. The van der Waals surface area contributed by atoms with Gasteiger partial charge in [-0.1, -0.05) is 0 Å². The van der Waals surface area contributed by atoms with Crippen molar-refractivity contribution in [2.75, 3.05) is 0 Å². The molecule has 0 N–H and O–H groups in total. The predicted molar refractivity (Wildman–Crippen MR) is 68.4 cm³/mol. The van der Waals surface area contributed by atoms with E-state index < -0.39 is 15.0 Å². The van der Waals surface area contributed by atoms with E-state index in [1.54, 1.807) is 0 Å². The van der Waals surface area contributed by atoms with Gasteiger partial charge in [-0.05, 0) is 0 Å². The molecule has 1 aromatic rings. The van der Waals surface area contributed by atoms with E-state index in [4.69, 9.17) is 18.8 Å². The second kappa shape index (κ2) is 6.28. The fourth-order valence-corrected chi connectivity index (χ4v) is 4.07. The maximum absolute atomic E-state index is 5.96. The van der Waals surface area contributed by atoms with E-state index in [2.05, 4.69) is 49.4 Å². The standard InChI is InChI=1S/C12H17N.2ClH.W/c1-8(2)10-6-5-7-11(9(3)4)12(10)13;;;/h5-9H,1-4H3;2*1H;/q;;;+2/p-2. The van der Waals surface area contributed by atoms with Gasteiger partial charge in [-0.3, -0.25) is 0 Å². The van der Waals surface area contributed by atoms with Crippen LogP contribution in [-0.4, -0.2) is 0 Å². The first kappa shape index (κ1) is 14.3. The predicted octanol–water partition coefficient (Wildman–Crippen LogP) is 5.67. The molecule has 16 heavy (non-hydrogen) atoms. The summed E-state index contributed by atoms with van der Waals surface area (Å²) in [5.41, 5.74) is 3.56. The fraction of sp³-hybridized carbons (Fsp3) is 0.500. The Bertz CT molecular complexity index is 370. The zero-order valence-electron chi connectivity index (χ0n) is 10.00. The Morgan fingerprint density at radius 2 is 1.44 bits per heavy atom. The minimum absolute atomic E-state index is 0.452. The molecular formula is C12H17Cl2NW. The molecule has 1 rings (SSSR count). The average Bonchev–Trinajstić information content (AvgIpc) is 2.16. The van der Waals surface area contributed by atoms with Gasteiger partial charge in [-0.2, -0.15) is 0 Å². The third-order valence-corrected chi connectivity index (χ3v) is 4.78. The number of hydrogen-bond acceptors (Lipinski definition) is 1. The van der Waals surface area contributed by atoms with Crippen molar-refractivity contribution >= 4 is 24.5 Å². The molecule has 1 aromatic carbocycles. The van der Waals surface area contributed by atoms with Crippen molar-refractivity contribution in [2.45, 2.75) is 39.5 Å². The molecule has 0 saturated heterocycles. The van der Waals surface area contributed by atoms with Gasteiger partial charge in [-0.15, -0.1) is 0 Å². The first-order valence-electron chi connectivity index (χ1n) is 5.35. The molecule has 0 bridgehead atoms. The summed E-state index contributed by atoms with van der Waals surface area (Å²) in [6.45, 7) is 8.68. The summed E-state index contributed by atoms with van der Waals surface area (Å²) in [5.74, 6) is 0.904. The van der Waals surface area contributed by atoms with Crippen molar-refractivity contribution in [1.82, 2.24) is 0 Å². The molecule has 0 unspecified atom stereocenters. The summed E-state index contributed by atoms with van der Waals surface area (Å²) in [4.78, 5) is 0. The topological polar surface area (TPSA) is 12.4 Å². The zero-order valence-corrected chi connectivity index (χ0v) is 14.4. The molecule has 0 aliphatic carbocycles. The van der Waals surface area contributed by atoms with Crippen LogP contribution in [0.25, 0.3) is 0 Å². The van der Waals surface area contributed by atoms with Gasteiger partial charge in [0, 0.05) is 0 Å². The van der Waals surface area contributed by atoms with Crippen LogP contribution in [0.1, 0.15) is 50.7 Å². The van der Waals surface area contributed by atoms with Crippen molar-refractivity contribution in [3.8, 4) is 0 Å². The Morgan fingerprint density at radius 3 is 1.75 bits per heavy atom. The molecule has 0 amide bonds. The van der Waals surface area contributed by atoms with Crippen LogP contribution < -0.4 is 0 Å². The van der Waals surface area contributed by atoms with Crippen LogP contribution in [0, 0.1) is 0 Å². The van der Waals surface area contributed by atoms with E-state index in [1.165, 1.54) is 11.1 Å². The SMILES string of the molecule is CC(C)c1cccc(C(C)C)c1[N]=[W]([Cl])[Cl]. The molecule has 0 radical (unpaired) electrons. The van der Waals surface area contributed by atoms with Gasteiger partial charge >= 0.3 is 112 Å².